The Bertz CT molecular complexity index is 2060. The molecule has 264 valence electrons. The molecule has 11 heteroatoms. The highest BCUT2D eigenvalue weighted by molar-refractivity contribution is 8.01. The van der Waals surface area contributed by atoms with E-state index in [0.29, 0.717) is 24.4 Å². The monoisotopic (exact) mass is 730 g/mol. The van der Waals surface area contributed by atoms with Gasteiger partial charge in [-0.15, -0.1) is 10.2 Å². The van der Waals surface area contributed by atoms with Crippen LogP contribution in [0.15, 0.2) is 132 Å². The fourth-order valence-electron chi connectivity index (χ4n) is 5.81. The maximum Gasteiger partial charge on any atom is 0.319 e. The van der Waals surface area contributed by atoms with Crippen molar-refractivity contribution in [1.29, 1.82) is 0 Å². The third-order valence-corrected chi connectivity index (χ3v) is 10.6. The van der Waals surface area contributed by atoms with E-state index in [4.69, 9.17) is 14.2 Å². The fraction of sp³-hybridized carbons (Fsp3) is 0.195. The highest BCUT2D eigenvalue weighted by Gasteiger charge is 2.32. The van der Waals surface area contributed by atoms with Crippen LogP contribution in [0, 0.1) is 6.92 Å². The Balaban J connectivity index is 0.968. The lowest BCUT2D eigenvalue weighted by atomic mass is 9.99. The van der Waals surface area contributed by atoms with Crippen LogP contribution in [0.3, 0.4) is 0 Å². The number of para-hydroxylation sites is 1. The van der Waals surface area contributed by atoms with Crippen molar-refractivity contribution in [2.45, 2.75) is 49.3 Å². The molecule has 1 aliphatic heterocycles. The van der Waals surface area contributed by atoms with Crippen molar-refractivity contribution < 1.29 is 24.1 Å². The zero-order chi connectivity index (χ0) is 35.7. The van der Waals surface area contributed by atoms with E-state index in [9.17, 15) is 9.90 Å². The lowest BCUT2D eigenvalue weighted by molar-refractivity contribution is -0.245. The molecular formula is C41H38N4O5S2. The van der Waals surface area contributed by atoms with Crippen molar-refractivity contribution >= 4 is 34.8 Å². The average Bonchev–Trinajstić information content (AvgIpc) is 3.62. The normalized spacial score (nSPS) is 17.0. The molecule has 1 fully saturated rings. The molecule has 0 saturated carbocycles. The molecule has 2 heterocycles. The van der Waals surface area contributed by atoms with Gasteiger partial charge in [0.15, 0.2) is 10.6 Å². The Morgan fingerprint density at radius 1 is 0.827 bits per heavy atom. The van der Waals surface area contributed by atoms with E-state index in [1.807, 2.05) is 97.9 Å². The number of thioether (sulfide) groups is 1. The first kappa shape index (κ1) is 35.4. The summed E-state index contributed by atoms with van der Waals surface area (Å²) < 4.78 is 19.8. The molecule has 5 aromatic carbocycles. The zero-order valence-corrected chi connectivity index (χ0v) is 30.1. The Labute approximate surface area is 311 Å². The maximum absolute atomic E-state index is 12.7. The van der Waals surface area contributed by atoms with Gasteiger partial charge in [0, 0.05) is 30.0 Å². The van der Waals surface area contributed by atoms with Gasteiger partial charge in [0.2, 0.25) is 0 Å². The molecule has 1 aromatic heterocycles. The molecular weight excluding hydrogens is 693 g/mol. The highest BCUT2D eigenvalue weighted by Crippen LogP contribution is 2.40. The summed E-state index contributed by atoms with van der Waals surface area (Å²) in [6.45, 7) is 2.32. The van der Waals surface area contributed by atoms with E-state index in [-0.39, 0.29) is 24.8 Å². The number of carbonyl (C=O) groups excluding carboxylic acids is 1. The van der Waals surface area contributed by atoms with E-state index in [2.05, 4.69) is 45.1 Å². The lowest BCUT2D eigenvalue weighted by Gasteiger charge is -2.36. The van der Waals surface area contributed by atoms with E-state index in [1.54, 1.807) is 35.2 Å². The fourth-order valence-corrected chi connectivity index (χ4v) is 7.67. The second-order valence-electron chi connectivity index (χ2n) is 12.3. The van der Waals surface area contributed by atoms with E-state index in [0.717, 1.165) is 54.2 Å². The number of aliphatic hydroxyl groups is 1. The first-order chi connectivity index (χ1) is 25.5. The number of ether oxygens (including phenoxy) is 3. The molecule has 0 bridgehead atoms. The van der Waals surface area contributed by atoms with Gasteiger partial charge in [-0.1, -0.05) is 108 Å². The topological polar surface area (TPSA) is 115 Å². The number of hydrogen-bond donors (Lipinski definition) is 3. The van der Waals surface area contributed by atoms with Crippen molar-refractivity contribution in [3.05, 3.63) is 155 Å². The molecule has 1 saturated heterocycles. The van der Waals surface area contributed by atoms with Crippen LogP contribution in [0.5, 0.6) is 11.5 Å². The van der Waals surface area contributed by atoms with E-state index < -0.39 is 6.29 Å². The van der Waals surface area contributed by atoms with Crippen LogP contribution < -0.4 is 15.4 Å². The number of aliphatic hydroxyl groups excluding tert-OH is 1. The lowest BCUT2D eigenvalue weighted by Crippen LogP contribution is -2.31. The van der Waals surface area contributed by atoms with Gasteiger partial charge >= 0.3 is 6.03 Å². The highest BCUT2D eigenvalue weighted by atomic mass is 32.2. The number of rotatable bonds is 12. The van der Waals surface area contributed by atoms with Crippen molar-refractivity contribution in [1.82, 2.24) is 15.5 Å². The number of aryl methyl sites for hydroxylation is 1. The zero-order valence-electron chi connectivity index (χ0n) is 28.5. The van der Waals surface area contributed by atoms with Gasteiger partial charge in [0.25, 0.3) is 0 Å². The molecule has 0 unspecified atom stereocenters. The first-order valence-electron chi connectivity index (χ1n) is 17.0. The number of nitrogens with one attached hydrogen (secondary N) is 2. The number of nitrogens with zero attached hydrogens (tertiary/aromatic N) is 2. The summed E-state index contributed by atoms with van der Waals surface area (Å²) in [7, 11) is 0. The minimum Gasteiger partial charge on any atom is -0.457 e. The molecule has 0 spiro atoms. The van der Waals surface area contributed by atoms with Crippen LogP contribution >= 0.6 is 23.1 Å². The first-order valence-corrected chi connectivity index (χ1v) is 18.8. The van der Waals surface area contributed by atoms with Crippen molar-refractivity contribution in [2.75, 3.05) is 11.1 Å². The molecule has 3 atom stereocenters. The van der Waals surface area contributed by atoms with Gasteiger partial charge in [-0.25, -0.2) is 4.79 Å². The molecule has 9 nitrogen and oxygen atoms in total. The molecule has 6 aromatic rings. The summed E-state index contributed by atoms with van der Waals surface area (Å²) in [5.74, 6) is 2.17. The SMILES string of the molecule is Cc1nnc(SC[C@H]2C[C@@H](c3ccc(CO)cc3)O[C@@H](c3ccc(-c4cccc(CNC(=O)Nc5ccc(Oc6ccccc6)cc5)c4)cc3)O2)s1. The molecule has 3 N–H and O–H groups in total. The standard InChI is InChI=1S/C41H38N4O5S2/c1-27-44-45-41(52-27)51-26-37-23-38(31-12-10-28(25-46)11-13-31)50-39(49-37)32-16-14-30(15-17-32)33-7-5-6-29(22-33)24-42-40(47)43-34-18-20-36(21-19-34)48-35-8-3-2-4-9-35/h2-22,37-39,46H,23-26H2,1H3,(H2,42,43,47)/t37-,38+,39+/m1/s1. The predicted molar refractivity (Wildman–Crippen MR) is 204 cm³/mol. The second kappa shape index (κ2) is 17.0. The largest absolute Gasteiger partial charge is 0.457 e. The van der Waals surface area contributed by atoms with Gasteiger partial charge in [-0.3, -0.25) is 0 Å². The van der Waals surface area contributed by atoms with Gasteiger partial charge in [0.1, 0.15) is 16.5 Å². The number of urea groups is 1. The Morgan fingerprint density at radius 2 is 1.58 bits per heavy atom. The van der Waals surface area contributed by atoms with Crippen LogP contribution in [-0.4, -0.2) is 33.2 Å². The van der Waals surface area contributed by atoms with Crippen LogP contribution in [0.2, 0.25) is 0 Å². The molecule has 0 radical (unpaired) electrons. The molecule has 7 rings (SSSR count). The number of benzene rings is 5. The number of anilines is 1. The predicted octanol–water partition coefficient (Wildman–Crippen LogP) is 9.46. The van der Waals surface area contributed by atoms with Gasteiger partial charge in [-0.05, 0) is 77.2 Å². The van der Waals surface area contributed by atoms with Crippen molar-refractivity contribution in [3.63, 3.8) is 0 Å². The van der Waals surface area contributed by atoms with Crippen LogP contribution in [0.1, 0.15) is 46.1 Å². The number of aromatic nitrogens is 2. The number of amides is 2. The Kier molecular flexibility index (Phi) is 11.6. The third kappa shape index (κ3) is 9.44. The smallest absolute Gasteiger partial charge is 0.319 e. The number of hydrogen-bond acceptors (Lipinski definition) is 9. The molecule has 1 aliphatic rings. The summed E-state index contributed by atoms with van der Waals surface area (Å²) in [5.41, 5.74) is 6.56. The summed E-state index contributed by atoms with van der Waals surface area (Å²) in [5, 5.41) is 24.7. The maximum atomic E-state index is 12.7. The quantitative estimate of drug-likeness (QED) is 0.107. The molecule has 52 heavy (non-hydrogen) atoms. The third-order valence-electron chi connectivity index (χ3n) is 8.50. The van der Waals surface area contributed by atoms with Crippen molar-refractivity contribution in [2.24, 2.45) is 0 Å². The number of carbonyl (C=O) groups is 1. The van der Waals surface area contributed by atoms with Crippen LogP contribution in [0.4, 0.5) is 10.5 Å². The van der Waals surface area contributed by atoms with Gasteiger partial charge in [-0.2, -0.15) is 0 Å². The molecule has 2 amide bonds. The average molecular weight is 731 g/mol. The van der Waals surface area contributed by atoms with Crippen LogP contribution in [0.25, 0.3) is 11.1 Å². The second-order valence-corrected chi connectivity index (χ2v) is 14.8. The summed E-state index contributed by atoms with van der Waals surface area (Å²) >= 11 is 3.24. The summed E-state index contributed by atoms with van der Waals surface area (Å²) in [6.07, 6.45) is -0.0762. The van der Waals surface area contributed by atoms with Crippen LogP contribution in [-0.2, 0) is 22.6 Å². The van der Waals surface area contributed by atoms with E-state index >= 15 is 0 Å². The minimum atomic E-state index is -0.547. The van der Waals surface area contributed by atoms with Crippen molar-refractivity contribution in [3.8, 4) is 22.6 Å². The molecule has 0 aliphatic carbocycles. The summed E-state index contributed by atoms with van der Waals surface area (Å²) in [4.78, 5) is 12.7. The van der Waals surface area contributed by atoms with Gasteiger partial charge < -0.3 is 30.0 Å². The van der Waals surface area contributed by atoms with Gasteiger partial charge in [0.05, 0.1) is 18.8 Å². The summed E-state index contributed by atoms with van der Waals surface area (Å²) in [6, 6.07) is 40.8. The Morgan fingerprint density at radius 3 is 2.31 bits per heavy atom. The minimum absolute atomic E-state index is 0.000774. The Hall–Kier alpha value is -5.04. The van der Waals surface area contributed by atoms with E-state index in [1.165, 1.54) is 0 Å².